The zero-order valence-corrected chi connectivity index (χ0v) is 74.1. The van der Waals surface area contributed by atoms with E-state index in [0.29, 0.717) is 11.9 Å². The average molecular weight is 1760 g/mol. The minimum atomic E-state index is 0.593. The highest BCUT2D eigenvalue weighted by molar-refractivity contribution is 6.38. The van der Waals surface area contributed by atoms with Crippen LogP contribution in [0.1, 0.15) is 0 Å². The molecule has 8 aromatic heterocycles. The molecule has 10 nitrogen and oxygen atoms in total. The summed E-state index contributed by atoms with van der Waals surface area (Å²) in [7, 11) is 0. The van der Waals surface area contributed by atoms with E-state index in [1.165, 1.54) is 70.5 Å². The van der Waals surface area contributed by atoms with Crippen molar-refractivity contribution in [2.75, 3.05) is 0 Å². The van der Waals surface area contributed by atoms with Gasteiger partial charge in [0, 0.05) is 109 Å². The molecule has 0 amide bonds. The van der Waals surface area contributed by atoms with Crippen LogP contribution in [-0.2, 0) is 0 Å². The van der Waals surface area contributed by atoms with Gasteiger partial charge < -0.3 is 18.0 Å². The largest absolute Gasteiger partial charge is 0.454 e. The standard InChI is InChI=1S/C66H38N4O.C62H36N4O/c1-3-18-40(19-4-1)62-61-47-25-11-9-23-45(47)46-24-10-14-28-50(46)63(61)68-66(67-62)70-54-30-16-15-29-51(54)59-48-26-12-13-27-49(48)60-53-37-41(33-36-57(53)71-65(60)64(59)70)42-31-34-52-56(38-42)69(43-20-5-2-6-21-43)55-35-32-39-17-7-8-22-44(39)58(52)55;1-3-17-37(18-4-1)58-57-44-24-9-7-21-41(44)42-22-8-10-25-46(42)59(57)64-62(63-58)66-52-29-15-12-26-47(52)55-45-33-31-38(36-50(45)56-48-27-13-16-30-54(48)67-61(56)60(55)66)39-32-34-53-49(35-39)43-23-11-14-28-51(43)65(53)40-19-5-2-6-20-40/h1-38H;1-36H. The average Bonchev–Trinajstić information content (AvgIpc) is 1.44. The van der Waals surface area contributed by atoms with Crippen LogP contribution in [0.2, 0.25) is 0 Å². The van der Waals surface area contributed by atoms with Crippen LogP contribution in [0.15, 0.2) is 458 Å². The second kappa shape index (κ2) is 29.4. The Balaban J connectivity index is 0.000000131. The number of fused-ring (bicyclic) bond motifs is 40. The Morgan fingerprint density at radius 1 is 0.167 bits per heavy atom. The first-order valence-electron chi connectivity index (χ1n) is 47.1. The van der Waals surface area contributed by atoms with Crippen molar-refractivity contribution in [2.24, 2.45) is 0 Å². The molecular weight excluding hydrogens is 1680 g/mol. The third-order valence-corrected chi connectivity index (χ3v) is 29.1. The van der Waals surface area contributed by atoms with Crippen molar-refractivity contribution in [1.29, 1.82) is 0 Å². The molecule has 10 heteroatoms. The number of benzene rings is 23. The number of hydrogen-bond acceptors (Lipinski definition) is 6. The van der Waals surface area contributed by atoms with Crippen molar-refractivity contribution >= 4 is 228 Å². The molecule has 8 heterocycles. The summed E-state index contributed by atoms with van der Waals surface area (Å²) in [4.78, 5) is 22.6. The maximum absolute atomic E-state index is 7.23. The molecule has 0 aliphatic heterocycles. The van der Waals surface area contributed by atoms with Gasteiger partial charge in [-0.05, 0) is 178 Å². The van der Waals surface area contributed by atoms with Gasteiger partial charge in [0.15, 0.2) is 11.2 Å². The monoisotopic (exact) mass is 1750 g/mol. The SMILES string of the molecule is c1ccc(-c2nc(-n3c4ccccc4c4c5ccc(-c6ccc7c(c6)c6ccccc6n7-c6ccccc6)cc5c5c6ccccc6oc5c43)nc3c4ccccc4c4ccccc4c23)cc1.c1ccc(-c2nc(-n3c4ccccc4c4c5ccccc5c5c6cc(-c7ccc8c9c%10ccccc%10ccc9n(-c9ccccc9)c8c7)ccc6oc5c43)nc3c4ccccc4c4ccccc4c23)cc1. The van der Waals surface area contributed by atoms with Crippen LogP contribution < -0.4 is 0 Å². The molecule has 0 unspecified atom stereocenters. The normalized spacial score (nSPS) is 12.2. The summed E-state index contributed by atoms with van der Waals surface area (Å²) < 4.78 is 23.7. The van der Waals surface area contributed by atoms with E-state index >= 15 is 0 Å². The number of furan rings is 2. The van der Waals surface area contributed by atoms with Gasteiger partial charge in [-0.25, -0.2) is 19.9 Å². The van der Waals surface area contributed by atoms with Gasteiger partial charge >= 0.3 is 0 Å². The van der Waals surface area contributed by atoms with E-state index in [2.05, 4.69) is 467 Å². The van der Waals surface area contributed by atoms with Gasteiger partial charge in [0.1, 0.15) is 22.2 Å². The Hall–Kier alpha value is -18.6. The van der Waals surface area contributed by atoms with E-state index in [0.717, 1.165) is 214 Å². The minimum absolute atomic E-state index is 0.593. The Morgan fingerprint density at radius 3 is 1.05 bits per heavy atom. The Bertz CT molecular complexity index is 10700. The molecule has 31 rings (SSSR count). The summed E-state index contributed by atoms with van der Waals surface area (Å²) in [5, 5.41) is 32.0. The third-order valence-electron chi connectivity index (χ3n) is 29.1. The lowest BCUT2D eigenvalue weighted by atomic mass is 9.94. The summed E-state index contributed by atoms with van der Waals surface area (Å²) in [6, 6.07) is 161. The Morgan fingerprint density at radius 2 is 0.507 bits per heavy atom. The number of nitrogens with zero attached hydrogens (tertiary/aromatic N) is 8. The van der Waals surface area contributed by atoms with Crippen LogP contribution >= 0.6 is 0 Å². The molecule has 638 valence electrons. The van der Waals surface area contributed by atoms with Gasteiger partial charge in [0.2, 0.25) is 11.9 Å². The molecule has 31 aromatic rings. The van der Waals surface area contributed by atoms with Crippen LogP contribution in [0.3, 0.4) is 0 Å². The summed E-state index contributed by atoms with van der Waals surface area (Å²) in [5.41, 5.74) is 24.5. The van der Waals surface area contributed by atoms with Crippen LogP contribution in [0.25, 0.3) is 296 Å². The topological polar surface area (TPSA) is 97.6 Å². The van der Waals surface area contributed by atoms with E-state index in [-0.39, 0.29) is 0 Å². The van der Waals surface area contributed by atoms with Gasteiger partial charge in [-0.2, -0.15) is 0 Å². The molecule has 0 bridgehead atoms. The van der Waals surface area contributed by atoms with E-state index in [4.69, 9.17) is 28.8 Å². The van der Waals surface area contributed by atoms with Crippen LogP contribution in [0.4, 0.5) is 0 Å². The Labute approximate surface area is 786 Å². The molecule has 0 spiro atoms. The van der Waals surface area contributed by atoms with Crippen LogP contribution in [0, 0.1) is 0 Å². The fourth-order valence-corrected chi connectivity index (χ4v) is 23.3. The van der Waals surface area contributed by atoms with Crippen molar-refractivity contribution in [1.82, 2.24) is 38.2 Å². The fraction of sp³-hybridized carbons (Fsp3) is 0. The highest BCUT2D eigenvalue weighted by Crippen LogP contribution is 2.53. The van der Waals surface area contributed by atoms with Crippen LogP contribution in [-0.4, -0.2) is 38.2 Å². The molecule has 0 aliphatic carbocycles. The van der Waals surface area contributed by atoms with Gasteiger partial charge in [0.05, 0.1) is 55.5 Å². The number of para-hydroxylation sites is 6. The van der Waals surface area contributed by atoms with Crippen molar-refractivity contribution in [2.45, 2.75) is 0 Å². The lowest BCUT2D eigenvalue weighted by molar-refractivity contribution is 0.670. The molecule has 0 atom stereocenters. The molecule has 0 aliphatic rings. The van der Waals surface area contributed by atoms with E-state index < -0.39 is 0 Å². The predicted molar refractivity (Wildman–Crippen MR) is 575 cm³/mol. The van der Waals surface area contributed by atoms with Gasteiger partial charge in [-0.1, -0.05) is 358 Å². The summed E-state index contributed by atoms with van der Waals surface area (Å²) in [6.45, 7) is 0. The van der Waals surface area contributed by atoms with E-state index in [9.17, 15) is 0 Å². The van der Waals surface area contributed by atoms with E-state index in [1.54, 1.807) is 0 Å². The number of aromatic nitrogens is 8. The summed E-state index contributed by atoms with van der Waals surface area (Å²) >= 11 is 0. The first-order valence-corrected chi connectivity index (χ1v) is 47.1. The lowest BCUT2D eigenvalue weighted by Crippen LogP contribution is -2.04. The zero-order valence-electron chi connectivity index (χ0n) is 74.1. The van der Waals surface area contributed by atoms with Crippen molar-refractivity contribution in [3.63, 3.8) is 0 Å². The molecule has 23 aromatic carbocycles. The van der Waals surface area contributed by atoms with Crippen LogP contribution in [0.5, 0.6) is 0 Å². The third kappa shape index (κ3) is 11.0. The maximum Gasteiger partial charge on any atom is 0.235 e. The fourth-order valence-electron chi connectivity index (χ4n) is 23.3. The quantitative estimate of drug-likeness (QED) is 0.141. The second-order valence-electron chi connectivity index (χ2n) is 36.4. The Kier molecular flexibility index (Phi) is 16.2. The lowest BCUT2D eigenvalue weighted by Gasteiger charge is -2.16. The van der Waals surface area contributed by atoms with Crippen molar-refractivity contribution in [3.05, 3.63) is 449 Å². The molecule has 0 N–H and O–H groups in total. The zero-order chi connectivity index (χ0) is 90.1. The summed E-state index contributed by atoms with van der Waals surface area (Å²) in [6.07, 6.45) is 0. The molecule has 0 saturated carbocycles. The first-order chi connectivity index (χ1) is 68.5. The van der Waals surface area contributed by atoms with Gasteiger partial charge in [-0.3, -0.25) is 9.13 Å². The van der Waals surface area contributed by atoms with Crippen molar-refractivity contribution < 1.29 is 8.83 Å². The number of hydrogen-bond donors (Lipinski definition) is 0. The second-order valence-corrected chi connectivity index (χ2v) is 36.4. The summed E-state index contributed by atoms with van der Waals surface area (Å²) in [5.74, 6) is 1.19. The maximum atomic E-state index is 7.23. The molecule has 0 fully saturated rings. The highest BCUT2D eigenvalue weighted by Gasteiger charge is 2.31. The smallest absolute Gasteiger partial charge is 0.235 e. The predicted octanol–water partition coefficient (Wildman–Crippen LogP) is 34.2. The molecule has 0 radical (unpaired) electrons. The first kappa shape index (κ1) is 76.0. The van der Waals surface area contributed by atoms with Gasteiger partial charge in [0.25, 0.3) is 0 Å². The van der Waals surface area contributed by atoms with E-state index in [1.807, 2.05) is 0 Å². The molecular formula is C128H74N8O2. The van der Waals surface area contributed by atoms with Gasteiger partial charge in [-0.15, -0.1) is 0 Å². The molecule has 138 heavy (non-hydrogen) atoms. The van der Waals surface area contributed by atoms with Crippen molar-refractivity contribution in [3.8, 4) is 68.0 Å². The highest BCUT2D eigenvalue weighted by atomic mass is 16.3. The number of rotatable bonds is 8. The minimum Gasteiger partial charge on any atom is -0.454 e. The molecule has 0 saturated heterocycles.